The average molecular weight is 562 g/mol. The number of aromatic nitrogens is 2. The molecule has 40 heavy (non-hydrogen) atoms. The van der Waals surface area contributed by atoms with Gasteiger partial charge in [-0.15, -0.1) is 0 Å². The molecule has 1 saturated carbocycles. The lowest BCUT2D eigenvalue weighted by Gasteiger charge is -2.37. The molecule has 0 radical (unpaired) electrons. The summed E-state index contributed by atoms with van der Waals surface area (Å²) >= 11 is 6.87. The van der Waals surface area contributed by atoms with Gasteiger partial charge in [-0.25, -0.2) is 4.39 Å². The number of nitrogens with one attached hydrogen (secondary N) is 1. The van der Waals surface area contributed by atoms with E-state index in [-0.39, 0.29) is 45.4 Å². The molecule has 3 heterocycles. The van der Waals surface area contributed by atoms with E-state index >= 15 is 4.39 Å². The van der Waals surface area contributed by atoms with Gasteiger partial charge in [0.2, 0.25) is 0 Å². The minimum atomic E-state index is -0.538. The van der Waals surface area contributed by atoms with E-state index in [1.807, 2.05) is 24.3 Å². The van der Waals surface area contributed by atoms with Crippen molar-refractivity contribution in [1.29, 1.82) is 0 Å². The van der Waals surface area contributed by atoms with Crippen LogP contribution in [-0.2, 0) is 0 Å². The monoisotopic (exact) mass is 561 g/mol. The zero-order chi connectivity index (χ0) is 27.6. The van der Waals surface area contributed by atoms with Crippen molar-refractivity contribution in [2.24, 2.45) is 5.41 Å². The van der Waals surface area contributed by atoms with Crippen LogP contribution in [0.1, 0.15) is 25.7 Å². The van der Waals surface area contributed by atoms with E-state index < -0.39 is 5.82 Å². The largest absolute Gasteiger partial charge is 0.508 e. The Labute approximate surface area is 237 Å². The molecule has 2 aliphatic heterocycles. The van der Waals surface area contributed by atoms with Crippen LogP contribution in [0.15, 0.2) is 42.5 Å². The van der Waals surface area contributed by atoms with Crippen molar-refractivity contribution in [3.05, 3.63) is 53.3 Å². The van der Waals surface area contributed by atoms with Crippen LogP contribution in [-0.4, -0.2) is 72.4 Å². The number of anilines is 1. The Hall–Kier alpha value is -3.20. The van der Waals surface area contributed by atoms with Crippen LogP contribution >= 0.6 is 11.6 Å². The highest BCUT2D eigenvalue weighted by Gasteiger charge is 2.44. The van der Waals surface area contributed by atoms with Crippen LogP contribution in [0, 0.1) is 11.2 Å². The molecular formula is C31H33ClFN5O2. The quantitative estimate of drug-likeness (QED) is 0.304. The van der Waals surface area contributed by atoms with Gasteiger partial charge in [-0.2, -0.15) is 9.97 Å². The standard InChI is InChI=1S/C31H33ClFN5O2/c1-37(2)16-31(9-10-31)17-40-30-35-28-24(29(36-30)38-19-7-8-20(38)15-34-14-19)13-25(32)26(27(28)33)23-12-21(39)11-18-5-3-4-6-22(18)23/h3-6,11-13,19-20,34,39H,7-10,14-17H2,1-2H3/t19-,20+. The summed E-state index contributed by atoms with van der Waals surface area (Å²) in [6.45, 7) is 3.12. The maximum Gasteiger partial charge on any atom is 0.319 e. The van der Waals surface area contributed by atoms with E-state index in [4.69, 9.17) is 21.3 Å². The zero-order valence-corrected chi connectivity index (χ0v) is 23.5. The summed E-state index contributed by atoms with van der Waals surface area (Å²) < 4.78 is 23.0. The SMILES string of the molecule is CN(C)CC1(COc2nc(N3[C@@H]4CC[C@H]3CNC4)c3cc(Cl)c(-c4cc(O)cc5ccccc45)c(F)c3n2)CC1. The maximum absolute atomic E-state index is 16.7. The van der Waals surface area contributed by atoms with Gasteiger partial charge in [0, 0.05) is 48.1 Å². The first-order valence-electron chi connectivity index (χ1n) is 14.0. The Morgan fingerprint density at radius 2 is 1.85 bits per heavy atom. The third-order valence-corrected chi connectivity index (χ3v) is 9.00. The summed E-state index contributed by atoms with van der Waals surface area (Å²) in [6, 6.07) is 13.3. The second-order valence-corrected chi connectivity index (χ2v) is 12.4. The topological polar surface area (TPSA) is 73.8 Å². The van der Waals surface area contributed by atoms with Crippen LogP contribution < -0.4 is 15.0 Å². The van der Waals surface area contributed by atoms with Crippen molar-refractivity contribution in [3.63, 3.8) is 0 Å². The molecule has 4 aromatic rings. The molecule has 208 valence electrons. The van der Waals surface area contributed by atoms with Gasteiger partial charge in [-0.1, -0.05) is 35.9 Å². The van der Waals surface area contributed by atoms with E-state index in [1.54, 1.807) is 18.2 Å². The molecule has 7 nitrogen and oxygen atoms in total. The number of halogens is 2. The van der Waals surface area contributed by atoms with E-state index in [0.717, 1.165) is 56.1 Å². The van der Waals surface area contributed by atoms with E-state index in [9.17, 15) is 5.11 Å². The van der Waals surface area contributed by atoms with Crippen LogP contribution in [0.4, 0.5) is 10.2 Å². The molecule has 3 aromatic carbocycles. The van der Waals surface area contributed by atoms with Crippen molar-refractivity contribution < 1.29 is 14.2 Å². The molecule has 0 spiro atoms. The first-order chi connectivity index (χ1) is 19.3. The molecular weight excluding hydrogens is 529 g/mol. The van der Waals surface area contributed by atoms with Gasteiger partial charge in [0.15, 0.2) is 5.82 Å². The average Bonchev–Trinajstić information content (AvgIpc) is 3.64. The Kier molecular flexibility index (Phi) is 6.25. The highest BCUT2D eigenvalue weighted by atomic mass is 35.5. The van der Waals surface area contributed by atoms with Crippen molar-refractivity contribution in [2.45, 2.75) is 37.8 Å². The fourth-order valence-electron chi connectivity index (χ4n) is 6.71. The summed E-state index contributed by atoms with van der Waals surface area (Å²) in [7, 11) is 4.13. The van der Waals surface area contributed by atoms with Crippen molar-refractivity contribution in [3.8, 4) is 22.9 Å². The molecule has 1 aliphatic carbocycles. The lowest BCUT2D eigenvalue weighted by Crippen LogP contribution is -2.52. The summed E-state index contributed by atoms with van der Waals surface area (Å²) in [5.74, 6) is 0.188. The number of ether oxygens (including phenoxy) is 1. The van der Waals surface area contributed by atoms with Crippen LogP contribution in [0.2, 0.25) is 5.02 Å². The van der Waals surface area contributed by atoms with Gasteiger partial charge >= 0.3 is 6.01 Å². The maximum atomic E-state index is 16.7. The second kappa shape index (κ2) is 9.72. The smallest absolute Gasteiger partial charge is 0.319 e. The van der Waals surface area contributed by atoms with E-state index in [0.29, 0.717) is 23.4 Å². The predicted octanol–water partition coefficient (Wildman–Crippen LogP) is 5.61. The van der Waals surface area contributed by atoms with E-state index in [2.05, 4.69) is 34.2 Å². The summed E-state index contributed by atoms with van der Waals surface area (Å²) in [5, 5.41) is 16.4. The summed E-state index contributed by atoms with van der Waals surface area (Å²) in [4.78, 5) is 14.1. The van der Waals surface area contributed by atoms with Gasteiger partial charge in [0.25, 0.3) is 0 Å². The van der Waals surface area contributed by atoms with Gasteiger partial charge < -0.3 is 25.0 Å². The molecule has 2 bridgehead atoms. The first-order valence-corrected chi connectivity index (χ1v) is 14.4. The molecule has 0 unspecified atom stereocenters. The molecule has 2 N–H and O–H groups in total. The molecule has 2 atom stereocenters. The van der Waals surface area contributed by atoms with Crippen LogP contribution in [0.25, 0.3) is 32.8 Å². The number of phenolic OH excluding ortho intramolecular Hbond substituents is 1. The number of aromatic hydroxyl groups is 1. The fourth-order valence-corrected chi connectivity index (χ4v) is 7.00. The fraction of sp³-hybridized carbons (Fsp3) is 0.419. The van der Waals surface area contributed by atoms with Crippen LogP contribution in [0.5, 0.6) is 11.8 Å². The minimum absolute atomic E-state index is 0.0460. The minimum Gasteiger partial charge on any atom is -0.508 e. The lowest BCUT2D eigenvalue weighted by molar-refractivity contribution is 0.183. The summed E-state index contributed by atoms with van der Waals surface area (Å²) in [6.07, 6.45) is 4.28. The van der Waals surface area contributed by atoms with Crippen molar-refractivity contribution in [1.82, 2.24) is 20.2 Å². The number of fused-ring (bicyclic) bond motifs is 4. The molecule has 9 heteroatoms. The molecule has 3 fully saturated rings. The number of piperazine rings is 1. The molecule has 3 aliphatic rings. The second-order valence-electron chi connectivity index (χ2n) is 12.0. The van der Waals surface area contributed by atoms with Gasteiger partial charge in [-0.3, -0.25) is 0 Å². The highest BCUT2D eigenvalue weighted by molar-refractivity contribution is 6.35. The predicted molar refractivity (Wildman–Crippen MR) is 157 cm³/mol. The number of rotatable bonds is 7. The van der Waals surface area contributed by atoms with Crippen molar-refractivity contribution in [2.75, 3.05) is 45.2 Å². The molecule has 0 amide bonds. The van der Waals surface area contributed by atoms with Gasteiger partial charge in [0.05, 0.1) is 11.6 Å². The molecule has 2 saturated heterocycles. The first kappa shape index (κ1) is 25.7. The normalized spacial score (nSPS) is 21.5. The number of phenols is 1. The number of hydrogen-bond donors (Lipinski definition) is 2. The lowest BCUT2D eigenvalue weighted by atomic mass is 9.96. The Morgan fingerprint density at radius 3 is 2.58 bits per heavy atom. The van der Waals surface area contributed by atoms with Gasteiger partial charge in [0.1, 0.15) is 17.1 Å². The number of nitrogens with zero attached hydrogens (tertiary/aromatic N) is 4. The van der Waals surface area contributed by atoms with Gasteiger partial charge in [-0.05, 0) is 74.3 Å². The zero-order valence-electron chi connectivity index (χ0n) is 22.8. The Balaban J connectivity index is 1.40. The third kappa shape index (κ3) is 4.42. The number of benzene rings is 3. The Morgan fingerprint density at radius 1 is 1.10 bits per heavy atom. The van der Waals surface area contributed by atoms with Crippen LogP contribution in [0.3, 0.4) is 0 Å². The number of hydrogen-bond acceptors (Lipinski definition) is 7. The van der Waals surface area contributed by atoms with Crippen molar-refractivity contribution >= 4 is 39.1 Å². The third-order valence-electron chi connectivity index (χ3n) is 8.70. The molecule has 7 rings (SSSR count). The molecule has 1 aromatic heterocycles. The Bertz CT molecular complexity index is 1610. The van der Waals surface area contributed by atoms with E-state index in [1.165, 1.54) is 0 Å². The highest BCUT2D eigenvalue weighted by Crippen LogP contribution is 2.47. The summed E-state index contributed by atoms with van der Waals surface area (Å²) in [5.41, 5.74) is 1.00.